The van der Waals surface area contributed by atoms with Gasteiger partial charge >= 0.3 is 0 Å². The molecule has 1 heterocycles. The molecule has 0 amide bonds. The predicted octanol–water partition coefficient (Wildman–Crippen LogP) is 2.67. The SMILES string of the molecule is Cc1cccc2cc(CN)sc12. The van der Waals surface area contributed by atoms with Crippen molar-refractivity contribution >= 4 is 21.4 Å². The standard InChI is InChI=1S/C10H11NS/c1-7-3-2-4-8-5-9(6-11)12-10(7)8/h2-5H,6,11H2,1H3. The zero-order valence-electron chi connectivity index (χ0n) is 7.00. The summed E-state index contributed by atoms with van der Waals surface area (Å²) in [4.78, 5) is 1.26. The maximum Gasteiger partial charge on any atom is 0.0375 e. The molecule has 2 heteroatoms. The molecule has 12 heavy (non-hydrogen) atoms. The van der Waals surface area contributed by atoms with Gasteiger partial charge < -0.3 is 5.73 Å². The summed E-state index contributed by atoms with van der Waals surface area (Å²) in [6.45, 7) is 2.79. The number of hydrogen-bond acceptors (Lipinski definition) is 2. The molecule has 2 aromatic rings. The minimum Gasteiger partial charge on any atom is -0.326 e. The lowest BCUT2D eigenvalue weighted by molar-refractivity contribution is 1.11. The fraction of sp³-hybridized carbons (Fsp3) is 0.200. The lowest BCUT2D eigenvalue weighted by Gasteiger charge is -1.91. The smallest absolute Gasteiger partial charge is 0.0375 e. The van der Waals surface area contributed by atoms with Gasteiger partial charge in [-0.1, -0.05) is 18.2 Å². The van der Waals surface area contributed by atoms with Gasteiger partial charge in [0, 0.05) is 16.1 Å². The Hall–Kier alpha value is -0.860. The second kappa shape index (κ2) is 2.88. The lowest BCUT2D eigenvalue weighted by Crippen LogP contribution is -1.90. The molecule has 0 saturated heterocycles. The van der Waals surface area contributed by atoms with Crippen LogP contribution in [0.5, 0.6) is 0 Å². The van der Waals surface area contributed by atoms with Crippen LogP contribution in [0.2, 0.25) is 0 Å². The fourth-order valence-electron chi connectivity index (χ4n) is 1.36. The molecule has 2 N–H and O–H groups in total. The van der Waals surface area contributed by atoms with Gasteiger partial charge in [0.05, 0.1) is 0 Å². The number of thiophene rings is 1. The fourth-order valence-corrected chi connectivity index (χ4v) is 2.37. The van der Waals surface area contributed by atoms with Crippen LogP contribution in [0.25, 0.3) is 10.1 Å². The molecular formula is C10H11NS. The van der Waals surface area contributed by atoms with Crippen molar-refractivity contribution in [2.45, 2.75) is 13.5 Å². The summed E-state index contributed by atoms with van der Waals surface area (Å²) < 4.78 is 1.37. The van der Waals surface area contributed by atoms with Gasteiger partial charge in [0.15, 0.2) is 0 Å². The molecule has 0 fully saturated rings. The summed E-state index contributed by atoms with van der Waals surface area (Å²) >= 11 is 1.80. The van der Waals surface area contributed by atoms with E-state index in [9.17, 15) is 0 Å². The van der Waals surface area contributed by atoms with E-state index in [-0.39, 0.29) is 0 Å². The average Bonchev–Trinajstić information content (AvgIpc) is 2.49. The molecular weight excluding hydrogens is 166 g/mol. The van der Waals surface area contributed by atoms with Crippen molar-refractivity contribution in [3.05, 3.63) is 34.7 Å². The van der Waals surface area contributed by atoms with E-state index < -0.39 is 0 Å². The highest BCUT2D eigenvalue weighted by atomic mass is 32.1. The molecule has 0 aliphatic heterocycles. The third-order valence-electron chi connectivity index (χ3n) is 1.99. The highest BCUT2D eigenvalue weighted by molar-refractivity contribution is 7.19. The molecule has 62 valence electrons. The van der Waals surface area contributed by atoms with Gasteiger partial charge in [-0.15, -0.1) is 11.3 Å². The van der Waals surface area contributed by atoms with Crippen molar-refractivity contribution in [2.75, 3.05) is 0 Å². The second-order valence-corrected chi connectivity index (χ2v) is 4.05. The van der Waals surface area contributed by atoms with Crippen molar-refractivity contribution in [3.8, 4) is 0 Å². The van der Waals surface area contributed by atoms with Crippen molar-refractivity contribution in [3.63, 3.8) is 0 Å². The van der Waals surface area contributed by atoms with Gasteiger partial charge in [0.25, 0.3) is 0 Å². The van der Waals surface area contributed by atoms with Crippen LogP contribution in [0.1, 0.15) is 10.4 Å². The number of aryl methyl sites for hydroxylation is 1. The largest absolute Gasteiger partial charge is 0.326 e. The molecule has 0 spiro atoms. The zero-order valence-corrected chi connectivity index (χ0v) is 7.82. The number of nitrogens with two attached hydrogens (primary N) is 1. The van der Waals surface area contributed by atoms with Gasteiger partial charge in [0.1, 0.15) is 0 Å². The van der Waals surface area contributed by atoms with E-state index in [1.807, 2.05) is 0 Å². The molecule has 0 bridgehead atoms. The molecule has 0 saturated carbocycles. The maximum absolute atomic E-state index is 5.57. The van der Waals surface area contributed by atoms with E-state index in [0.29, 0.717) is 6.54 Å². The maximum atomic E-state index is 5.57. The normalized spacial score (nSPS) is 10.8. The van der Waals surface area contributed by atoms with Crippen molar-refractivity contribution in [1.82, 2.24) is 0 Å². The highest BCUT2D eigenvalue weighted by Gasteiger charge is 2.01. The lowest BCUT2D eigenvalue weighted by atomic mass is 10.2. The van der Waals surface area contributed by atoms with Crippen molar-refractivity contribution in [2.24, 2.45) is 5.73 Å². The van der Waals surface area contributed by atoms with Crippen molar-refractivity contribution in [1.29, 1.82) is 0 Å². The Morgan fingerprint density at radius 3 is 2.92 bits per heavy atom. The molecule has 1 aromatic heterocycles. The topological polar surface area (TPSA) is 26.0 Å². The number of hydrogen-bond donors (Lipinski definition) is 1. The molecule has 0 aliphatic rings. The van der Waals surface area contributed by atoms with Crippen LogP contribution in [0.15, 0.2) is 24.3 Å². The Balaban J connectivity index is 2.74. The Labute approximate surface area is 75.8 Å². The van der Waals surface area contributed by atoms with Crippen LogP contribution in [-0.4, -0.2) is 0 Å². The first-order valence-corrected chi connectivity index (χ1v) is 4.81. The van der Waals surface area contributed by atoms with E-state index in [4.69, 9.17) is 5.73 Å². The summed E-state index contributed by atoms with van der Waals surface area (Å²) in [6.07, 6.45) is 0. The third-order valence-corrected chi connectivity index (χ3v) is 3.30. The molecule has 0 aliphatic carbocycles. The number of fused-ring (bicyclic) bond motifs is 1. The predicted molar refractivity (Wildman–Crippen MR) is 54.5 cm³/mol. The van der Waals surface area contributed by atoms with Gasteiger partial charge in [-0.2, -0.15) is 0 Å². The van der Waals surface area contributed by atoms with Gasteiger partial charge in [-0.3, -0.25) is 0 Å². The summed E-state index contributed by atoms with van der Waals surface area (Å²) in [7, 11) is 0. The van der Waals surface area contributed by atoms with E-state index >= 15 is 0 Å². The quantitative estimate of drug-likeness (QED) is 0.712. The molecule has 2 rings (SSSR count). The second-order valence-electron chi connectivity index (χ2n) is 2.91. The van der Waals surface area contributed by atoms with Crippen LogP contribution in [0, 0.1) is 6.92 Å². The van der Waals surface area contributed by atoms with Gasteiger partial charge in [-0.05, 0) is 23.9 Å². The third kappa shape index (κ3) is 1.13. The first kappa shape index (κ1) is 7.77. The zero-order chi connectivity index (χ0) is 8.55. The Bertz CT molecular complexity index is 403. The average molecular weight is 177 g/mol. The van der Waals surface area contributed by atoms with Crippen LogP contribution in [-0.2, 0) is 6.54 Å². The molecule has 1 nitrogen and oxygen atoms in total. The Morgan fingerprint density at radius 2 is 2.25 bits per heavy atom. The van der Waals surface area contributed by atoms with Gasteiger partial charge in [-0.25, -0.2) is 0 Å². The number of benzene rings is 1. The minimum absolute atomic E-state index is 0.652. The van der Waals surface area contributed by atoms with E-state index in [2.05, 4.69) is 31.2 Å². The van der Waals surface area contributed by atoms with Crippen molar-refractivity contribution < 1.29 is 0 Å². The Morgan fingerprint density at radius 1 is 1.42 bits per heavy atom. The monoisotopic (exact) mass is 177 g/mol. The van der Waals surface area contributed by atoms with Crippen LogP contribution >= 0.6 is 11.3 Å². The van der Waals surface area contributed by atoms with Crippen LogP contribution in [0.4, 0.5) is 0 Å². The van der Waals surface area contributed by atoms with E-state index in [0.717, 1.165) is 0 Å². The van der Waals surface area contributed by atoms with E-state index in [1.54, 1.807) is 11.3 Å². The van der Waals surface area contributed by atoms with Crippen LogP contribution < -0.4 is 5.73 Å². The highest BCUT2D eigenvalue weighted by Crippen LogP contribution is 2.27. The van der Waals surface area contributed by atoms with Gasteiger partial charge in [0.2, 0.25) is 0 Å². The summed E-state index contributed by atoms with van der Waals surface area (Å²) in [6, 6.07) is 8.54. The number of rotatable bonds is 1. The minimum atomic E-state index is 0.652. The molecule has 0 radical (unpaired) electrons. The summed E-state index contributed by atoms with van der Waals surface area (Å²) in [5, 5.41) is 1.32. The Kier molecular flexibility index (Phi) is 1.87. The van der Waals surface area contributed by atoms with Crippen LogP contribution in [0.3, 0.4) is 0 Å². The molecule has 1 aromatic carbocycles. The first-order chi connectivity index (χ1) is 5.81. The summed E-state index contributed by atoms with van der Waals surface area (Å²) in [5.41, 5.74) is 6.92. The first-order valence-electron chi connectivity index (χ1n) is 3.99. The molecule has 0 unspecified atom stereocenters. The molecule has 0 atom stereocenters. The van der Waals surface area contributed by atoms with E-state index in [1.165, 1.54) is 20.5 Å². The summed E-state index contributed by atoms with van der Waals surface area (Å²) in [5.74, 6) is 0.